The van der Waals surface area contributed by atoms with Gasteiger partial charge < -0.3 is 103 Å². The van der Waals surface area contributed by atoms with Crippen molar-refractivity contribution < 1.29 is 120 Å². The van der Waals surface area contributed by atoms with Crippen LogP contribution in [0, 0.1) is 11.3 Å². The lowest BCUT2D eigenvalue weighted by Crippen LogP contribution is -2.59. The lowest BCUT2D eigenvalue weighted by Gasteiger charge is -2.39. The second-order valence-electron chi connectivity index (χ2n) is 23.0. The second kappa shape index (κ2) is 45.4. The van der Waals surface area contributed by atoms with Gasteiger partial charge in [0.1, 0.15) is 43.0 Å². The van der Waals surface area contributed by atoms with Gasteiger partial charge in [-0.25, -0.2) is 9.48 Å². The minimum absolute atomic E-state index is 0.0546. The van der Waals surface area contributed by atoms with Gasteiger partial charge >= 0.3 is 11.9 Å². The van der Waals surface area contributed by atoms with E-state index < -0.39 is 101 Å². The van der Waals surface area contributed by atoms with E-state index in [2.05, 4.69) is 26.3 Å². The second-order valence-corrected chi connectivity index (χ2v) is 23.0. The number of aliphatic carboxylic acids is 1. The summed E-state index contributed by atoms with van der Waals surface area (Å²) in [5.74, 6) is -6.40. The number of nitrogens with one attached hydrogen (secondary N) is 3. The van der Waals surface area contributed by atoms with Crippen molar-refractivity contribution in [3.8, 4) is 0 Å². The van der Waals surface area contributed by atoms with Gasteiger partial charge in [-0.2, -0.15) is 0 Å². The molecule has 4 rings (SSSR count). The molecule has 1 saturated heterocycles. The molecule has 1 aromatic heterocycles. The summed E-state index contributed by atoms with van der Waals surface area (Å²) in [4.78, 5) is 92.8. The minimum atomic E-state index is -1.88. The van der Waals surface area contributed by atoms with E-state index in [4.69, 9.17) is 66.3 Å². The number of anilines is 1. The molecule has 32 nitrogen and oxygen atoms in total. The highest BCUT2D eigenvalue weighted by Gasteiger charge is 2.47. The van der Waals surface area contributed by atoms with Crippen LogP contribution in [0.5, 0.6) is 0 Å². The first-order valence-corrected chi connectivity index (χ1v) is 31.5. The molecule has 2 aliphatic heterocycles. The zero-order valence-corrected chi connectivity index (χ0v) is 55.1. The Hall–Kier alpha value is -6.05. The molecule has 0 bridgehead atoms. The van der Waals surface area contributed by atoms with E-state index in [1.54, 1.807) is 60.1 Å². The highest BCUT2D eigenvalue weighted by molar-refractivity contribution is 6.15. The zero-order chi connectivity index (χ0) is 68.7. The maximum atomic E-state index is 14.1. The van der Waals surface area contributed by atoms with Gasteiger partial charge in [0.2, 0.25) is 17.7 Å². The molecule has 0 saturated carbocycles. The number of aliphatic hydroxyl groups excluding tert-OH is 3. The van der Waals surface area contributed by atoms with Crippen LogP contribution in [-0.2, 0) is 126 Å². The van der Waals surface area contributed by atoms with E-state index in [1.807, 2.05) is 0 Å². The summed E-state index contributed by atoms with van der Waals surface area (Å²) in [6.07, 6.45) is -5.05. The van der Waals surface area contributed by atoms with E-state index in [1.165, 1.54) is 17.7 Å². The van der Waals surface area contributed by atoms with Crippen LogP contribution in [-0.4, -0.2) is 290 Å². The van der Waals surface area contributed by atoms with Gasteiger partial charge in [0.05, 0.1) is 176 Å². The number of esters is 1. The number of carbonyl (C=O) groups excluding carboxylic acids is 6. The van der Waals surface area contributed by atoms with Crippen LogP contribution >= 0.6 is 0 Å². The molecular formula is C62H99N7O25. The molecule has 7 N–H and O–H groups in total. The standard InChI is InChI=1S/C62H99N7O25/c1-42(2)52(59(77)63-43(3)57(75)64-46-10-8-45(41-93-61(80)62(4,5)6)44(38-46)9-11-49-53(72)54(73)55(74)56(94-49)60(78)79)65-58(76)48(69-50(70)12-13-51(69)71)39-47-40-68(67-66-47)14-15-82-18-19-84-22-23-86-26-27-88-30-31-90-34-35-92-37-36-91-33-32-89-29-28-87-25-24-85-21-20-83-17-16-81-7/h8,10,12-13,38,40,42-43,48-49,52-56,72-74H,9,11,14-37,39,41H2,1-7H3,(H,63,77)(H,64,75)(H,65,76)(H,78,79)/t43-,48?,49-,52-,53-,54+,55-,56-/m0/s1. The third-order valence-corrected chi connectivity index (χ3v) is 14.2. The van der Waals surface area contributed by atoms with Crippen molar-refractivity contribution in [1.82, 2.24) is 30.5 Å². The molecule has 1 unspecified atom stereocenters. The number of aryl methyl sites for hydroxylation is 1. The van der Waals surface area contributed by atoms with Crippen LogP contribution in [0.2, 0.25) is 0 Å². The Labute approximate surface area is 548 Å². The van der Waals surface area contributed by atoms with Crippen molar-refractivity contribution in [3.63, 3.8) is 0 Å². The SMILES string of the molecule is COCCOCCOCCOCCOCCOCCOCCOCCOCCOCCOCCOCCn1cc(CC(C(=O)N[C@H](C(=O)N[C@@H](C)C(=O)Nc2ccc(COC(=O)C(C)(C)C)c(CC[C@@H]3O[C@H](C(=O)O)[C@@H](O)[C@H](O)[C@H]3O)c2)C(C)C)N2C(=O)C=CC2=O)nn1. The number of methoxy groups -OCH3 is 1. The molecule has 0 radical (unpaired) electrons. The maximum absolute atomic E-state index is 14.1. The first kappa shape index (κ1) is 80.4. The quantitative estimate of drug-likeness (QED) is 0.0242. The van der Waals surface area contributed by atoms with Crippen molar-refractivity contribution in [3.05, 3.63) is 53.4 Å². The van der Waals surface area contributed by atoms with Crippen LogP contribution in [0.25, 0.3) is 0 Å². The van der Waals surface area contributed by atoms with E-state index in [-0.39, 0.29) is 57.0 Å². The third kappa shape index (κ3) is 30.8. The van der Waals surface area contributed by atoms with Gasteiger partial charge in [-0.3, -0.25) is 33.7 Å². The molecule has 3 heterocycles. The predicted molar refractivity (Wildman–Crippen MR) is 331 cm³/mol. The fourth-order valence-corrected chi connectivity index (χ4v) is 8.89. The number of benzene rings is 1. The van der Waals surface area contributed by atoms with E-state index >= 15 is 0 Å². The number of amides is 5. The summed E-state index contributed by atoms with van der Waals surface area (Å²) in [7, 11) is 1.63. The number of aromatic nitrogens is 3. The van der Waals surface area contributed by atoms with Gasteiger partial charge in [-0.1, -0.05) is 25.1 Å². The van der Waals surface area contributed by atoms with Gasteiger partial charge in [0.25, 0.3) is 11.8 Å². The van der Waals surface area contributed by atoms with Gasteiger partial charge in [0.15, 0.2) is 6.10 Å². The van der Waals surface area contributed by atoms with Crippen molar-refractivity contribution in [1.29, 1.82) is 0 Å². The molecule has 2 aliphatic rings. The topological polar surface area (TPSA) is 400 Å². The molecule has 1 fully saturated rings. The van der Waals surface area contributed by atoms with Crippen molar-refractivity contribution in [2.45, 2.75) is 123 Å². The number of nitrogens with zero attached hydrogens (tertiary/aromatic N) is 4. The Morgan fingerprint density at radius 2 is 1.07 bits per heavy atom. The van der Waals surface area contributed by atoms with E-state index in [0.29, 0.717) is 150 Å². The average Bonchev–Trinajstić information content (AvgIpc) is 1.31. The fourth-order valence-electron chi connectivity index (χ4n) is 8.89. The Morgan fingerprint density at radius 1 is 0.606 bits per heavy atom. The molecular weight excluding hydrogens is 1240 g/mol. The van der Waals surface area contributed by atoms with Crippen LogP contribution in [0.4, 0.5) is 5.69 Å². The lowest BCUT2D eigenvalue weighted by atomic mass is 9.91. The molecule has 32 heteroatoms. The average molecular weight is 1340 g/mol. The summed E-state index contributed by atoms with van der Waals surface area (Å²) in [5, 5.41) is 57.0. The van der Waals surface area contributed by atoms with E-state index in [0.717, 1.165) is 17.1 Å². The Bertz CT molecular complexity index is 2570. The van der Waals surface area contributed by atoms with Gasteiger partial charge in [-0.15, -0.1) is 5.10 Å². The summed E-state index contributed by atoms with van der Waals surface area (Å²) in [6, 6.07) is 0.749. The van der Waals surface area contributed by atoms with E-state index in [9.17, 15) is 54.0 Å². The molecule has 0 spiro atoms. The van der Waals surface area contributed by atoms with Crippen LogP contribution in [0.15, 0.2) is 36.5 Å². The molecule has 2 aromatic rings. The number of ether oxygens (including phenoxy) is 14. The number of hydrogen-bond acceptors (Lipinski definition) is 26. The molecule has 8 atom stereocenters. The zero-order valence-electron chi connectivity index (χ0n) is 55.1. The number of carbonyl (C=O) groups is 7. The third-order valence-electron chi connectivity index (χ3n) is 14.2. The van der Waals surface area contributed by atoms with Gasteiger partial charge in [0, 0.05) is 37.6 Å². The maximum Gasteiger partial charge on any atom is 0.335 e. The summed E-state index contributed by atoms with van der Waals surface area (Å²) < 4.78 is 77.9. The summed E-state index contributed by atoms with van der Waals surface area (Å²) in [5.41, 5.74) is 0.639. The number of aliphatic hydroxyl groups is 3. The molecule has 94 heavy (non-hydrogen) atoms. The van der Waals surface area contributed by atoms with Crippen LogP contribution in [0.1, 0.15) is 64.8 Å². The normalized spacial score (nSPS) is 18.4. The molecule has 1 aromatic carbocycles. The fraction of sp³-hybridized carbons (Fsp3) is 0.726. The Kier molecular flexibility index (Phi) is 38.8. The predicted octanol–water partition coefficient (Wildman–Crippen LogP) is -0.816. The summed E-state index contributed by atoms with van der Waals surface area (Å²) >= 11 is 0. The number of carboxylic acid groups (broad SMARTS) is 1. The molecule has 5 amide bonds. The molecule has 0 aliphatic carbocycles. The lowest BCUT2D eigenvalue weighted by molar-refractivity contribution is -0.228. The largest absolute Gasteiger partial charge is 0.479 e. The van der Waals surface area contributed by atoms with Crippen molar-refractivity contribution >= 4 is 47.2 Å². The monoisotopic (exact) mass is 1340 g/mol. The number of carboxylic acids is 1. The van der Waals surface area contributed by atoms with Crippen molar-refractivity contribution in [2.24, 2.45) is 11.3 Å². The first-order chi connectivity index (χ1) is 45.1. The highest BCUT2D eigenvalue weighted by atomic mass is 16.6. The van der Waals surface area contributed by atoms with Gasteiger partial charge in [-0.05, 0) is 69.7 Å². The Balaban J connectivity index is 1.09. The number of rotatable bonds is 52. The van der Waals surface area contributed by atoms with Crippen LogP contribution < -0.4 is 16.0 Å². The van der Waals surface area contributed by atoms with Crippen molar-refractivity contribution in [2.75, 3.05) is 164 Å². The highest BCUT2D eigenvalue weighted by Crippen LogP contribution is 2.28. The molecule has 532 valence electrons. The number of hydrogen-bond donors (Lipinski definition) is 7. The van der Waals surface area contributed by atoms with Crippen LogP contribution in [0.3, 0.4) is 0 Å². The Morgan fingerprint density at radius 3 is 1.52 bits per heavy atom. The number of imide groups is 1. The summed E-state index contributed by atoms with van der Waals surface area (Å²) in [6.45, 7) is 19.8. The first-order valence-electron chi connectivity index (χ1n) is 31.5. The minimum Gasteiger partial charge on any atom is -0.479 e. The smallest absolute Gasteiger partial charge is 0.335 e.